The van der Waals surface area contributed by atoms with Gasteiger partial charge in [0.15, 0.2) is 17.3 Å². The van der Waals surface area contributed by atoms with Crippen LogP contribution in [0.3, 0.4) is 0 Å². The first kappa shape index (κ1) is 21.0. The highest BCUT2D eigenvalue weighted by Gasteiger charge is 2.39. The minimum atomic E-state index is -3.76. The molecule has 2 aliphatic rings. The van der Waals surface area contributed by atoms with E-state index in [9.17, 15) is 13.2 Å². The predicted molar refractivity (Wildman–Crippen MR) is 115 cm³/mol. The zero-order valence-electron chi connectivity index (χ0n) is 17.4. The summed E-state index contributed by atoms with van der Waals surface area (Å²) in [6, 6.07) is 9.40. The maximum absolute atomic E-state index is 13.1. The lowest BCUT2D eigenvalue weighted by Crippen LogP contribution is -2.43. The Hall–Kier alpha value is -3.27. The monoisotopic (exact) mass is 445 g/mol. The minimum Gasteiger partial charge on any atom is -0.493 e. The quantitative estimate of drug-likeness (QED) is 0.752. The number of carbonyl (C=O) groups is 1. The lowest BCUT2D eigenvalue weighted by molar-refractivity contribution is -0.119. The maximum atomic E-state index is 13.1. The number of ether oxygens (including phenoxy) is 3. The van der Waals surface area contributed by atoms with Gasteiger partial charge in [-0.1, -0.05) is 12.1 Å². The molecule has 0 aliphatic carbocycles. The molecule has 2 aliphatic heterocycles. The molecule has 4 rings (SSSR count). The summed E-state index contributed by atoms with van der Waals surface area (Å²) < 4.78 is 44.8. The molecule has 1 N–H and O–H groups in total. The van der Waals surface area contributed by atoms with Crippen LogP contribution in [-0.4, -0.2) is 59.0 Å². The van der Waals surface area contributed by atoms with Crippen LogP contribution in [0, 0.1) is 0 Å². The van der Waals surface area contributed by atoms with Crippen LogP contribution in [0.5, 0.6) is 17.2 Å². The molecule has 1 amide bonds. The van der Waals surface area contributed by atoms with Crippen molar-refractivity contribution in [1.82, 2.24) is 4.90 Å². The first-order valence-corrected chi connectivity index (χ1v) is 11.2. The fraction of sp³-hybridized carbons (Fsp3) is 0.333. The van der Waals surface area contributed by atoms with Crippen molar-refractivity contribution in [2.75, 3.05) is 33.2 Å². The Balaban J connectivity index is 1.62. The molecular weight excluding hydrogens is 422 g/mol. The van der Waals surface area contributed by atoms with Gasteiger partial charge in [0.05, 0.1) is 21.3 Å². The fourth-order valence-corrected chi connectivity index (χ4v) is 5.18. The summed E-state index contributed by atoms with van der Waals surface area (Å²) in [6.45, 7) is 0.538. The number of fused-ring (bicyclic) bond motifs is 1. The Morgan fingerprint density at radius 1 is 1.10 bits per heavy atom. The minimum absolute atomic E-state index is 0.167. The molecule has 0 bridgehead atoms. The number of hydrogen-bond acceptors (Lipinski definition) is 7. The van der Waals surface area contributed by atoms with E-state index in [2.05, 4.69) is 9.71 Å². The van der Waals surface area contributed by atoms with Crippen molar-refractivity contribution in [3.63, 3.8) is 0 Å². The highest BCUT2D eigenvalue weighted by Crippen LogP contribution is 2.40. The van der Waals surface area contributed by atoms with Gasteiger partial charge in [-0.25, -0.2) is 0 Å². The van der Waals surface area contributed by atoms with E-state index in [4.69, 9.17) is 14.2 Å². The third-order valence-corrected chi connectivity index (χ3v) is 6.70. The smallest absolute Gasteiger partial charge is 0.285 e. The van der Waals surface area contributed by atoms with Crippen LogP contribution in [0.25, 0.3) is 0 Å². The Labute approximate surface area is 180 Å². The van der Waals surface area contributed by atoms with Crippen LogP contribution >= 0.6 is 0 Å². The number of methoxy groups -OCH3 is 3. The molecule has 31 heavy (non-hydrogen) atoms. The van der Waals surface area contributed by atoms with Crippen LogP contribution in [0.1, 0.15) is 18.4 Å². The average Bonchev–Trinajstić information content (AvgIpc) is 3.36. The number of sulfonamides is 1. The summed E-state index contributed by atoms with van der Waals surface area (Å²) in [7, 11) is 0.740. The number of carbonyl (C=O) groups excluding carboxylic acids is 1. The van der Waals surface area contributed by atoms with Gasteiger partial charge in [0.1, 0.15) is 10.9 Å². The van der Waals surface area contributed by atoms with Crippen LogP contribution in [0.15, 0.2) is 45.7 Å². The molecular formula is C21H23N3O6S. The lowest BCUT2D eigenvalue weighted by Gasteiger charge is -2.26. The molecule has 9 nitrogen and oxygen atoms in total. The van der Waals surface area contributed by atoms with Gasteiger partial charge in [-0.2, -0.15) is 8.42 Å². The summed E-state index contributed by atoms with van der Waals surface area (Å²) in [5, 5.41) is 2.88. The molecule has 0 aromatic heterocycles. The summed E-state index contributed by atoms with van der Waals surface area (Å²) in [4.78, 5) is 15.1. The molecule has 2 aromatic rings. The molecule has 0 radical (unpaired) electrons. The van der Waals surface area contributed by atoms with Crippen molar-refractivity contribution < 1.29 is 27.4 Å². The Bertz CT molecular complexity index is 1140. The molecule has 2 heterocycles. The summed E-state index contributed by atoms with van der Waals surface area (Å²) in [5.41, 5.74) is 1.00. The first-order chi connectivity index (χ1) is 14.9. The number of benzene rings is 2. The summed E-state index contributed by atoms with van der Waals surface area (Å²) in [5.74, 6) is 1.31. The van der Waals surface area contributed by atoms with Crippen molar-refractivity contribution in [2.45, 2.75) is 23.8 Å². The third kappa shape index (κ3) is 3.67. The number of hydrogen-bond donors (Lipinski definition) is 1. The molecule has 1 fully saturated rings. The normalized spacial score (nSPS) is 18.9. The fourth-order valence-electron chi connectivity index (χ4n) is 3.97. The number of likely N-dealkylation sites (tertiary alicyclic amines) is 1. The van der Waals surface area contributed by atoms with E-state index in [-0.39, 0.29) is 10.8 Å². The van der Waals surface area contributed by atoms with Crippen molar-refractivity contribution in [3.05, 3.63) is 42.0 Å². The highest BCUT2D eigenvalue weighted by atomic mass is 32.2. The second-order valence-electron chi connectivity index (χ2n) is 7.14. The molecule has 10 heteroatoms. The lowest BCUT2D eigenvalue weighted by atomic mass is 10.1. The van der Waals surface area contributed by atoms with Gasteiger partial charge < -0.3 is 24.4 Å². The van der Waals surface area contributed by atoms with Crippen LogP contribution in [0.2, 0.25) is 0 Å². The van der Waals surface area contributed by atoms with E-state index >= 15 is 0 Å². The zero-order valence-corrected chi connectivity index (χ0v) is 18.2. The number of amidine groups is 1. The van der Waals surface area contributed by atoms with E-state index in [1.54, 1.807) is 35.2 Å². The number of nitrogens with one attached hydrogen (secondary N) is 1. The van der Waals surface area contributed by atoms with Crippen molar-refractivity contribution >= 4 is 27.5 Å². The van der Waals surface area contributed by atoms with Crippen LogP contribution in [-0.2, 0) is 14.8 Å². The summed E-state index contributed by atoms with van der Waals surface area (Å²) >= 11 is 0. The van der Waals surface area contributed by atoms with Crippen molar-refractivity contribution in [3.8, 4) is 17.2 Å². The topological polar surface area (TPSA) is 107 Å². The second kappa shape index (κ2) is 8.10. The van der Waals surface area contributed by atoms with Crippen LogP contribution < -0.4 is 19.5 Å². The molecule has 0 unspecified atom stereocenters. The third-order valence-electron chi connectivity index (χ3n) is 5.37. The predicted octanol–water partition coefficient (Wildman–Crippen LogP) is 2.26. The van der Waals surface area contributed by atoms with E-state index < -0.39 is 16.1 Å². The standard InChI is InChI=1S/C21H23N3O6S/c1-28-16-11-13(12-17(29-2)19(16)30-3)22-21(25)15-8-6-10-24(15)20-14-7-4-5-9-18(14)31(26,27)23-20/h4-5,7,9,11-12,15H,6,8,10H2,1-3H3,(H,22,25)/t15-/m0/s1. The number of rotatable bonds is 5. The van der Waals surface area contributed by atoms with Gasteiger partial charge >= 0.3 is 0 Å². The van der Waals surface area contributed by atoms with Gasteiger partial charge in [0, 0.05) is 29.9 Å². The zero-order chi connectivity index (χ0) is 22.2. The van der Waals surface area contributed by atoms with Crippen molar-refractivity contribution in [2.24, 2.45) is 4.40 Å². The van der Waals surface area contributed by atoms with E-state index in [1.807, 2.05) is 0 Å². The van der Waals surface area contributed by atoms with Crippen molar-refractivity contribution in [1.29, 1.82) is 0 Å². The molecule has 2 aromatic carbocycles. The molecule has 164 valence electrons. The Kier molecular flexibility index (Phi) is 5.48. The highest BCUT2D eigenvalue weighted by molar-refractivity contribution is 7.90. The SMILES string of the molecule is COc1cc(NC(=O)[C@@H]2CCCN2C2=NS(=O)(=O)c3ccccc32)cc(OC)c1OC. The maximum Gasteiger partial charge on any atom is 0.285 e. The van der Waals surface area contributed by atoms with Crippen LogP contribution in [0.4, 0.5) is 5.69 Å². The second-order valence-corrected chi connectivity index (χ2v) is 8.71. The number of amides is 1. The molecule has 1 saturated heterocycles. The van der Waals surface area contributed by atoms with Gasteiger partial charge in [0.2, 0.25) is 11.7 Å². The van der Waals surface area contributed by atoms with E-state index in [0.717, 1.165) is 6.42 Å². The average molecular weight is 445 g/mol. The largest absolute Gasteiger partial charge is 0.493 e. The van der Waals surface area contributed by atoms with Gasteiger partial charge in [-0.3, -0.25) is 4.79 Å². The first-order valence-electron chi connectivity index (χ1n) is 9.71. The van der Waals surface area contributed by atoms with E-state index in [1.165, 1.54) is 27.4 Å². The Morgan fingerprint density at radius 3 is 2.42 bits per heavy atom. The summed E-state index contributed by atoms with van der Waals surface area (Å²) in [6.07, 6.45) is 1.33. The number of nitrogens with zero attached hydrogens (tertiary/aromatic N) is 2. The molecule has 1 atom stereocenters. The van der Waals surface area contributed by atoms with Gasteiger partial charge in [0.25, 0.3) is 10.0 Å². The van der Waals surface area contributed by atoms with Gasteiger partial charge in [-0.05, 0) is 25.0 Å². The molecule has 0 spiro atoms. The van der Waals surface area contributed by atoms with E-state index in [0.29, 0.717) is 47.3 Å². The number of anilines is 1. The Morgan fingerprint density at radius 2 is 1.77 bits per heavy atom. The van der Waals surface area contributed by atoms with Gasteiger partial charge in [-0.15, -0.1) is 4.40 Å². The molecule has 0 saturated carbocycles.